The van der Waals surface area contributed by atoms with Crippen LogP contribution in [0.2, 0.25) is 0 Å². The zero-order valence-electron chi connectivity index (χ0n) is 7.38. The summed E-state index contributed by atoms with van der Waals surface area (Å²) in [5.41, 5.74) is 0. The van der Waals surface area contributed by atoms with E-state index in [-0.39, 0.29) is 6.03 Å². The number of carbonyl (C=O) groups is 2. The van der Waals surface area contributed by atoms with Crippen LogP contribution in [-0.4, -0.2) is 38.7 Å². The second kappa shape index (κ2) is 3.46. The van der Waals surface area contributed by atoms with Gasteiger partial charge in [-0.15, -0.1) is 0 Å². The third kappa shape index (κ3) is 1.44. The van der Waals surface area contributed by atoms with Crippen molar-refractivity contribution in [2.75, 3.05) is 13.1 Å². The molecule has 1 saturated heterocycles. The zero-order valence-corrected chi connectivity index (χ0v) is 9.72. The van der Waals surface area contributed by atoms with Crippen molar-refractivity contribution < 1.29 is 9.59 Å². The minimum Gasteiger partial charge on any atom is -0.288 e. The van der Waals surface area contributed by atoms with Gasteiger partial charge in [-0.3, -0.25) is 14.6 Å². The lowest BCUT2D eigenvalue weighted by Crippen LogP contribution is -2.38. The molecule has 1 atom stereocenters. The van der Waals surface area contributed by atoms with Crippen molar-refractivity contribution in [2.45, 2.75) is 17.8 Å². The van der Waals surface area contributed by atoms with Gasteiger partial charge in [0.1, 0.15) is 0 Å². The van der Waals surface area contributed by atoms with Gasteiger partial charge in [-0.2, -0.15) is 0 Å². The zero-order chi connectivity index (χ0) is 10.2. The molecule has 1 aliphatic rings. The number of amides is 3. The van der Waals surface area contributed by atoms with Gasteiger partial charge in [0.25, 0.3) is 9.81 Å². The maximum atomic E-state index is 11.5. The Morgan fingerprint density at radius 1 is 1.38 bits per heavy atom. The molecule has 0 bridgehead atoms. The lowest BCUT2D eigenvalue weighted by molar-refractivity contribution is -0.126. The number of carbonyl (C=O) groups excluding carboxylic acids is 2. The first-order valence-electron chi connectivity index (χ1n) is 3.98. The number of rotatable bonds is 2. The van der Waals surface area contributed by atoms with E-state index in [1.54, 1.807) is 13.8 Å². The van der Waals surface area contributed by atoms with E-state index in [0.29, 0.717) is 13.1 Å². The summed E-state index contributed by atoms with van der Waals surface area (Å²) in [6.45, 7) is 4.24. The lowest BCUT2D eigenvalue weighted by atomic mass is 10.5. The Morgan fingerprint density at radius 3 is 2.15 bits per heavy atom. The standard InChI is InChI=1S/C7H10BrClN2O2/c1-3-10-5(12)7(8,9)11(4-2)6(10)13/h3-4H2,1-2H3. The van der Waals surface area contributed by atoms with Gasteiger partial charge in [0.15, 0.2) is 0 Å². The number of halogens is 2. The van der Waals surface area contributed by atoms with Crippen LogP contribution in [0.5, 0.6) is 0 Å². The van der Waals surface area contributed by atoms with Gasteiger partial charge >= 0.3 is 6.03 Å². The molecule has 1 fully saturated rings. The molecule has 4 nitrogen and oxygen atoms in total. The highest BCUT2D eigenvalue weighted by Gasteiger charge is 2.53. The Bertz CT molecular complexity index is 257. The maximum absolute atomic E-state index is 11.5. The summed E-state index contributed by atoms with van der Waals surface area (Å²) < 4.78 is -1.38. The van der Waals surface area contributed by atoms with Crippen molar-refractivity contribution in [2.24, 2.45) is 0 Å². The Hall–Kier alpha value is -0.290. The van der Waals surface area contributed by atoms with Gasteiger partial charge in [0, 0.05) is 13.1 Å². The molecule has 1 unspecified atom stereocenters. The minimum atomic E-state index is -1.38. The van der Waals surface area contributed by atoms with E-state index in [2.05, 4.69) is 15.9 Å². The highest BCUT2D eigenvalue weighted by molar-refractivity contribution is 9.10. The first-order chi connectivity index (χ1) is 5.96. The molecule has 0 saturated carbocycles. The predicted molar refractivity (Wildman–Crippen MR) is 52.7 cm³/mol. The van der Waals surface area contributed by atoms with Crippen molar-refractivity contribution in [1.29, 1.82) is 0 Å². The van der Waals surface area contributed by atoms with E-state index in [1.807, 2.05) is 0 Å². The quantitative estimate of drug-likeness (QED) is 0.434. The molecule has 0 aromatic rings. The van der Waals surface area contributed by atoms with Crippen LogP contribution in [0.4, 0.5) is 4.79 Å². The topological polar surface area (TPSA) is 40.6 Å². The number of nitrogens with zero attached hydrogens (tertiary/aromatic N) is 2. The predicted octanol–water partition coefficient (Wildman–Crippen LogP) is 1.58. The van der Waals surface area contributed by atoms with Gasteiger partial charge in [0.2, 0.25) is 0 Å². The Balaban J connectivity index is 3.03. The number of hydrogen-bond acceptors (Lipinski definition) is 2. The van der Waals surface area contributed by atoms with Crippen LogP contribution >= 0.6 is 27.5 Å². The second-order valence-electron chi connectivity index (χ2n) is 2.62. The Kier molecular flexibility index (Phi) is 2.87. The van der Waals surface area contributed by atoms with Gasteiger partial charge in [-0.1, -0.05) is 11.6 Å². The van der Waals surface area contributed by atoms with Crippen LogP contribution in [-0.2, 0) is 4.79 Å². The summed E-state index contributed by atoms with van der Waals surface area (Å²) >= 11 is 8.92. The molecule has 1 heterocycles. The van der Waals surface area contributed by atoms with E-state index in [1.165, 1.54) is 4.90 Å². The van der Waals surface area contributed by atoms with Gasteiger partial charge in [-0.25, -0.2) is 4.79 Å². The summed E-state index contributed by atoms with van der Waals surface area (Å²) in [5.74, 6) is -0.413. The number of alkyl halides is 2. The average Bonchev–Trinajstić information content (AvgIpc) is 2.20. The average molecular weight is 270 g/mol. The minimum absolute atomic E-state index is 0.342. The van der Waals surface area contributed by atoms with Crippen LogP contribution in [0, 0.1) is 0 Å². The number of hydrogen-bond donors (Lipinski definition) is 0. The van der Waals surface area contributed by atoms with Gasteiger partial charge in [-0.05, 0) is 29.8 Å². The fourth-order valence-corrected chi connectivity index (χ4v) is 2.15. The van der Waals surface area contributed by atoms with Crippen LogP contribution in [0.1, 0.15) is 13.8 Å². The fraction of sp³-hybridized carbons (Fsp3) is 0.714. The first kappa shape index (κ1) is 10.8. The normalized spacial score (nSPS) is 28.9. The molecule has 6 heteroatoms. The summed E-state index contributed by atoms with van der Waals surface area (Å²) in [6, 6.07) is -0.345. The van der Waals surface area contributed by atoms with Crippen molar-refractivity contribution in [3.63, 3.8) is 0 Å². The third-order valence-electron chi connectivity index (χ3n) is 1.94. The first-order valence-corrected chi connectivity index (χ1v) is 5.15. The van der Waals surface area contributed by atoms with Crippen LogP contribution < -0.4 is 0 Å². The summed E-state index contributed by atoms with van der Waals surface area (Å²) in [5, 5.41) is 0. The second-order valence-corrected chi connectivity index (χ2v) is 4.77. The van der Waals surface area contributed by atoms with E-state index >= 15 is 0 Å². The van der Waals surface area contributed by atoms with Crippen molar-refractivity contribution in [3.05, 3.63) is 0 Å². The van der Waals surface area contributed by atoms with E-state index in [9.17, 15) is 9.59 Å². The molecule has 13 heavy (non-hydrogen) atoms. The highest BCUT2D eigenvalue weighted by Crippen LogP contribution is 2.36. The molecule has 3 amide bonds. The van der Waals surface area contributed by atoms with Gasteiger partial charge in [0.05, 0.1) is 0 Å². The molecule has 0 spiro atoms. The number of imide groups is 1. The molecule has 74 valence electrons. The molecule has 0 N–H and O–H groups in total. The van der Waals surface area contributed by atoms with Crippen molar-refractivity contribution in [3.8, 4) is 0 Å². The lowest BCUT2D eigenvalue weighted by Gasteiger charge is -2.21. The van der Waals surface area contributed by atoms with Crippen LogP contribution in [0.25, 0.3) is 0 Å². The molecule has 0 aromatic heterocycles. The number of urea groups is 1. The smallest absolute Gasteiger partial charge is 0.288 e. The van der Waals surface area contributed by atoms with E-state index in [4.69, 9.17) is 11.6 Å². The fourth-order valence-electron chi connectivity index (χ4n) is 1.24. The molecule has 1 aliphatic heterocycles. The maximum Gasteiger partial charge on any atom is 0.329 e. The van der Waals surface area contributed by atoms with Crippen LogP contribution in [0.3, 0.4) is 0 Å². The third-order valence-corrected chi connectivity index (χ3v) is 3.07. The molecular formula is C7H10BrClN2O2. The summed E-state index contributed by atoms with van der Waals surface area (Å²) in [7, 11) is 0. The monoisotopic (exact) mass is 268 g/mol. The number of likely N-dealkylation sites (N-methyl/N-ethyl adjacent to an activating group) is 2. The Labute approximate surface area is 89.9 Å². The highest BCUT2D eigenvalue weighted by atomic mass is 79.9. The van der Waals surface area contributed by atoms with Gasteiger partial charge < -0.3 is 0 Å². The molecule has 0 aromatic carbocycles. The Morgan fingerprint density at radius 2 is 1.92 bits per heavy atom. The van der Waals surface area contributed by atoms with Crippen LogP contribution in [0.15, 0.2) is 0 Å². The summed E-state index contributed by atoms with van der Waals surface area (Å²) in [6.07, 6.45) is 0. The molecular weight excluding hydrogens is 259 g/mol. The summed E-state index contributed by atoms with van der Waals surface area (Å²) in [4.78, 5) is 25.4. The molecule has 0 aliphatic carbocycles. The van der Waals surface area contributed by atoms with E-state index in [0.717, 1.165) is 4.90 Å². The van der Waals surface area contributed by atoms with Crippen molar-refractivity contribution >= 4 is 39.5 Å². The van der Waals surface area contributed by atoms with Crippen molar-refractivity contribution in [1.82, 2.24) is 9.80 Å². The SMILES string of the molecule is CCN1C(=O)N(CC)C(Cl)(Br)C1=O. The molecule has 1 rings (SSSR count). The molecule has 0 radical (unpaired) electrons. The van der Waals surface area contributed by atoms with E-state index < -0.39 is 9.81 Å². The largest absolute Gasteiger partial charge is 0.329 e.